The molecule has 1 atom stereocenters. The van der Waals surface area contributed by atoms with E-state index in [0.717, 1.165) is 0 Å². The molecule has 0 radical (unpaired) electrons. The van der Waals surface area contributed by atoms with Gasteiger partial charge in [0.1, 0.15) is 5.75 Å². The number of carbonyl (C=O) groups excluding carboxylic acids is 1. The molecule has 1 aromatic carbocycles. The van der Waals surface area contributed by atoms with Gasteiger partial charge in [0.05, 0.1) is 17.7 Å². The van der Waals surface area contributed by atoms with Crippen molar-refractivity contribution < 1.29 is 19.7 Å². The molecule has 0 aromatic heterocycles. The number of aliphatic hydroxyl groups excluding tert-OH is 2. The van der Waals surface area contributed by atoms with Gasteiger partial charge in [-0.2, -0.15) is 0 Å². The second-order valence-corrected chi connectivity index (χ2v) is 3.77. The van der Waals surface area contributed by atoms with E-state index >= 15 is 0 Å². The maximum Gasteiger partial charge on any atom is 0.258 e. The normalized spacial score (nSPS) is 11.9. The molecule has 6 heteroatoms. The number of halogens is 1. The van der Waals surface area contributed by atoms with Crippen LogP contribution in [0.2, 0.25) is 5.02 Å². The summed E-state index contributed by atoms with van der Waals surface area (Å²) < 4.78 is 5.18. The maximum absolute atomic E-state index is 11.3. The summed E-state index contributed by atoms with van der Waals surface area (Å²) in [6.07, 6.45) is -0.959. The average Bonchev–Trinajstić information content (AvgIpc) is 2.35. The minimum absolute atomic E-state index is 0.0127. The van der Waals surface area contributed by atoms with Crippen molar-refractivity contribution in [2.45, 2.75) is 6.10 Å². The molecule has 0 heterocycles. The van der Waals surface area contributed by atoms with E-state index in [1.807, 2.05) is 0 Å². The Hall–Kier alpha value is -1.30. The second-order valence-electron chi connectivity index (χ2n) is 3.36. The first kappa shape index (κ1) is 13.8. The van der Waals surface area contributed by atoms with Crippen LogP contribution in [0.15, 0.2) is 24.3 Å². The Bertz CT molecular complexity index is 372. The lowest BCUT2D eigenvalue weighted by atomic mass is 10.3. The second kappa shape index (κ2) is 7.11. The Morgan fingerprint density at radius 2 is 2.18 bits per heavy atom. The highest BCUT2D eigenvalue weighted by Gasteiger charge is 2.07. The van der Waals surface area contributed by atoms with Gasteiger partial charge in [0, 0.05) is 6.54 Å². The molecule has 0 saturated heterocycles. The molecule has 0 bridgehead atoms. The van der Waals surface area contributed by atoms with Crippen LogP contribution in [0.5, 0.6) is 5.75 Å². The molecule has 0 fully saturated rings. The molecule has 0 aliphatic rings. The molecule has 1 amide bonds. The smallest absolute Gasteiger partial charge is 0.258 e. The standard InChI is InChI=1S/C11H14ClNO4/c12-9-3-1-2-4-10(9)17-7-11(16)13-5-8(15)6-14/h1-4,8,14-15H,5-7H2,(H,13,16). The summed E-state index contributed by atoms with van der Waals surface area (Å²) in [4.78, 5) is 11.3. The molecule has 0 saturated carbocycles. The summed E-state index contributed by atoms with van der Waals surface area (Å²) >= 11 is 5.83. The molecule has 1 unspecified atom stereocenters. The number of carbonyl (C=O) groups is 1. The lowest BCUT2D eigenvalue weighted by molar-refractivity contribution is -0.123. The predicted octanol–water partition coefficient (Wildman–Crippen LogP) is 0.188. The van der Waals surface area contributed by atoms with Gasteiger partial charge < -0.3 is 20.3 Å². The zero-order valence-corrected chi connectivity index (χ0v) is 9.85. The third-order valence-corrected chi connectivity index (χ3v) is 2.25. The number of nitrogens with one attached hydrogen (secondary N) is 1. The fraction of sp³-hybridized carbons (Fsp3) is 0.364. The number of aliphatic hydroxyl groups is 2. The Kier molecular flexibility index (Phi) is 5.76. The van der Waals surface area contributed by atoms with Crippen molar-refractivity contribution in [1.29, 1.82) is 0 Å². The number of hydrogen-bond acceptors (Lipinski definition) is 4. The van der Waals surface area contributed by atoms with Gasteiger partial charge in [0.15, 0.2) is 6.61 Å². The van der Waals surface area contributed by atoms with Crippen LogP contribution in [-0.2, 0) is 4.79 Å². The van der Waals surface area contributed by atoms with Gasteiger partial charge in [-0.25, -0.2) is 0 Å². The average molecular weight is 260 g/mol. The third kappa shape index (κ3) is 5.04. The van der Waals surface area contributed by atoms with Gasteiger partial charge in [0.25, 0.3) is 5.91 Å². The Labute approximate surface area is 104 Å². The van der Waals surface area contributed by atoms with Crippen LogP contribution in [-0.4, -0.2) is 42.0 Å². The molecular formula is C11H14ClNO4. The van der Waals surface area contributed by atoms with Crippen molar-refractivity contribution in [2.24, 2.45) is 0 Å². The van der Waals surface area contributed by atoms with Gasteiger partial charge in [0.2, 0.25) is 0 Å². The first-order chi connectivity index (χ1) is 8.13. The van der Waals surface area contributed by atoms with Gasteiger partial charge >= 0.3 is 0 Å². The summed E-state index contributed by atoms with van der Waals surface area (Å²) in [5, 5.41) is 20.4. The number of rotatable bonds is 6. The molecule has 0 aliphatic heterocycles. The molecule has 3 N–H and O–H groups in total. The van der Waals surface area contributed by atoms with E-state index in [-0.39, 0.29) is 13.2 Å². The zero-order chi connectivity index (χ0) is 12.7. The highest BCUT2D eigenvalue weighted by atomic mass is 35.5. The van der Waals surface area contributed by atoms with Crippen LogP contribution in [0.1, 0.15) is 0 Å². The summed E-state index contributed by atoms with van der Waals surface area (Å²) in [7, 11) is 0. The van der Waals surface area contributed by atoms with Crippen molar-refractivity contribution in [1.82, 2.24) is 5.32 Å². The van der Waals surface area contributed by atoms with Crippen molar-refractivity contribution >= 4 is 17.5 Å². The molecule has 0 aliphatic carbocycles. The van der Waals surface area contributed by atoms with Crippen LogP contribution in [0.3, 0.4) is 0 Å². The lowest BCUT2D eigenvalue weighted by Crippen LogP contribution is -2.36. The number of benzene rings is 1. The Morgan fingerprint density at radius 1 is 1.47 bits per heavy atom. The van der Waals surface area contributed by atoms with E-state index in [0.29, 0.717) is 10.8 Å². The minimum Gasteiger partial charge on any atom is -0.482 e. The molecule has 1 aromatic rings. The van der Waals surface area contributed by atoms with E-state index in [1.54, 1.807) is 24.3 Å². The summed E-state index contributed by atoms with van der Waals surface area (Å²) in [5.74, 6) is 0.0319. The number of amides is 1. The summed E-state index contributed by atoms with van der Waals surface area (Å²) in [6, 6.07) is 6.81. The highest BCUT2D eigenvalue weighted by Crippen LogP contribution is 2.22. The fourth-order valence-corrected chi connectivity index (χ4v) is 1.24. The van der Waals surface area contributed by atoms with Gasteiger partial charge in [-0.05, 0) is 12.1 Å². The summed E-state index contributed by atoms with van der Waals surface area (Å²) in [5.41, 5.74) is 0. The molecule has 1 rings (SSSR count). The maximum atomic E-state index is 11.3. The minimum atomic E-state index is -0.959. The molecule has 5 nitrogen and oxygen atoms in total. The zero-order valence-electron chi connectivity index (χ0n) is 9.10. The van der Waals surface area contributed by atoms with E-state index in [9.17, 15) is 4.79 Å². The van der Waals surface area contributed by atoms with Crippen LogP contribution in [0.4, 0.5) is 0 Å². The number of para-hydroxylation sites is 1. The quantitative estimate of drug-likeness (QED) is 0.681. The first-order valence-corrected chi connectivity index (χ1v) is 5.44. The molecular weight excluding hydrogens is 246 g/mol. The Morgan fingerprint density at radius 3 is 2.82 bits per heavy atom. The number of ether oxygens (including phenoxy) is 1. The van der Waals surface area contributed by atoms with Crippen LogP contribution in [0.25, 0.3) is 0 Å². The van der Waals surface area contributed by atoms with E-state index < -0.39 is 18.6 Å². The topological polar surface area (TPSA) is 78.8 Å². The van der Waals surface area contributed by atoms with Crippen LogP contribution >= 0.6 is 11.6 Å². The van der Waals surface area contributed by atoms with Crippen molar-refractivity contribution in [2.75, 3.05) is 19.8 Å². The third-order valence-electron chi connectivity index (χ3n) is 1.94. The fourth-order valence-electron chi connectivity index (χ4n) is 1.05. The molecule has 0 spiro atoms. The monoisotopic (exact) mass is 259 g/mol. The molecule has 17 heavy (non-hydrogen) atoms. The van der Waals surface area contributed by atoms with Gasteiger partial charge in [-0.15, -0.1) is 0 Å². The van der Waals surface area contributed by atoms with E-state index in [4.69, 9.17) is 26.6 Å². The SMILES string of the molecule is O=C(COc1ccccc1Cl)NCC(O)CO. The van der Waals surface area contributed by atoms with Gasteiger partial charge in [-0.1, -0.05) is 23.7 Å². The number of hydrogen-bond donors (Lipinski definition) is 3. The molecule has 94 valence electrons. The van der Waals surface area contributed by atoms with Crippen molar-refractivity contribution in [3.05, 3.63) is 29.3 Å². The van der Waals surface area contributed by atoms with E-state index in [2.05, 4.69) is 5.32 Å². The summed E-state index contributed by atoms with van der Waals surface area (Å²) in [6.45, 7) is -0.602. The highest BCUT2D eigenvalue weighted by molar-refractivity contribution is 6.32. The van der Waals surface area contributed by atoms with Crippen LogP contribution < -0.4 is 10.1 Å². The van der Waals surface area contributed by atoms with Gasteiger partial charge in [-0.3, -0.25) is 4.79 Å². The van der Waals surface area contributed by atoms with E-state index in [1.165, 1.54) is 0 Å². The van der Waals surface area contributed by atoms with Crippen LogP contribution in [0, 0.1) is 0 Å². The Balaban J connectivity index is 2.31. The van der Waals surface area contributed by atoms with Crippen molar-refractivity contribution in [3.8, 4) is 5.75 Å². The lowest BCUT2D eigenvalue weighted by Gasteiger charge is -2.10. The first-order valence-electron chi connectivity index (χ1n) is 5.06. The predicted molar refractivity (Wildman–Crippen MR) is 63.0 cm³/mol. The van der Waals surface area contributed by atoms with Crippen molar-refractivity contribution in [3.63, 3.8) is 0 Å². The largest absolute Gasteiger partial charge is 0.482 e.